The van der Waals surface area contributed by atoms with E-state index in [0.29, 0.717) is 31.1 Å². The molecule has 0 radical (unpaired) electrons. The van der Waals surface area contributed by atoms with E-state index >= 15 is 0 Å². The largest absolute Gasteiger partial charge is 0.380 e. The molecule has 25 heavy (non-hydrogen) atoms. The number of ether oxygens (including phenoxy) is 1. The molecule has 7 heteroatoms. The molecule has 1 aliphatic rings. The molecular formula is C18H24F2N4O. The number of hydrogen-bond donors (Lipinski definition) is 1. The molecule has 1 fully saturated rings. The Bertz CT molecular complexity index is 711. The van der Waals surface area contributed by atoms with Crippen LogP contribution in [0.5, 0.6) is 0 Å². The van der Waals surface area contributed by atoms with Crippen molar-refractivity contribution in [3.05, 3.63) is 35.7 Å². The van der Waals surface area contributed by atoms with E-state index in [1.54, 1.807) is 0 Å². The Labute approximate surface area is 146 Å². The molecule has 2 aromatic rings. The number of hydrogen-bond acceptors (Lipinski definition) is 4. The van der Waals surface area contributed by atoms with Gasteiger partial charge in [0.25, 0.3) is 0 Å². The van der Waals surface area contributed by atoms with Crippen molar-refractivity contribution in [2.24, 2.45) is 5.73 Å². The maximum absolute atomic E-state index is 13.5. The quantitative estimate of drug-likeness (QED) is 0.812. The average molecular weight is 350 g/mol. The van der Waals surface area contributed by atoms with Gasteiger partial charge in [0.2, 0.25) is 0 Å². The highest BCUT2D eigenvalue weighted by molar-refractivity contribution is 5.54. The number of benzene rings is 1. The van der Waals surface area contributed by atoms with Gasteiger partial charge in [0.15, 0.2) is 17.5 Å². The summed E-state index contributed by atoms with van der Waals surface area (Å²) in [6.45, 7) is 3.70. The summed E-state index contributed by atoms with van der Waals surface area (Å²) in [7, 11) is 0. The fraction of sp³-hybridized carbons (Fsp3) is 0.556. The second-order valence-corrected chi connectivity index (χ2v) is 6.45. The molecule has 3 rings (SSSR count). The Morgan fingerprint density at radius 3 is 2.64 bits per heavy atom. The van der Waals surface area contributed by atoms with Crippen LogP contribution in [-0.2, 0) is 11.3 Å². The summed E-state index contributed by atoms with van der Waals surface area (Å²) < 4.78 is 34.0. The molecule has 1 aromatic heterocycles. The van der Waals surface area contributed by atoms with Crippen molar-refractivity contribution in [1.82, 2.24) is 14.8 Å². The lowest BCUT2D eigenvalue weighted by Gasteiger charge is -2.25. The Hall–Kier alpha value is -1.86. The van der Waals surface area contributed by atoms with Crippen LogP contribution in [0.25, 0.3) is 11.4 Å². The minimum atomic E-state index is -0.895. The van der Waals surface area contributed by atoms with Crippen LogP contribution in [-0.4, -0.2) is 34.0 Å². The SMILES string of the molecule is CCOCCn1nc(-c2ccc(F)c(F)c2)nc1C1CCC(N)CC1. The van der Waals surface area contributed by atoms with Crippen molar-refractivity contribution in [2.75, 3.05) is 13.2 Å². The van der Waals surface area contributed by atoms with Crippen LogP contribution in [0.4, 0.5) is 8.78 Å². The lowest BCUT2D eigenvalue weighted by molar-refractivity contribution is 0.134. The van der Waals surface area contributed by atoms with Crippen molar-refractivity contribution in [1.29, 1.82) is 0 Å². The smallest absolute Gasteiger partial charge is 0.181 e. The number of halogens is 2. The first-order chi connectivity index (χ1) is 12.1. The predicted molar refractivity (Wildman–Crippen MR) is 91.1 cm³/mol. The highest BCUT2D eigenvalue weighted by Gasteiger charge is 2.25. The first kappa shape index (κ1) is 17.9. The fourth-order valence-corrected chi connectivity index (χ4v) is 3.25. The van der Waals surface area contributed by atoms with Gasteiger partial charge >= 0.3 is 0 Å². The summed E-state index contributed by atoms with van der Waals surface area (Å²) in [4.78, 5) is 4.65. The van der Waals surface area contributed by atoms with Crippen LogP contribution < -0.4 is 5.73 Å². The third-order valence-electron chi connectivity index (χ3n) is 4.67. The predicted octanol–water partition coefficient (Wildman–Crippen LogP) is 3.24. The summed E-state index contributed by atoms with van der Waals surface area (Å²) in [6.07, 6.45) is 3.85. The third kappa shape index (κ3) is 4.22. The second kappa shape index (κ2) is 8.01. The maximum atomic E-state index is 13.5. The normalized spacial score (nSPS) is 20.8. The van der Waals surface area contributed by atoms with Gasteiger partial charge in [-0.2, -0.15) is 5.10 Å². The average Bonchev–Trinajstić information content (AvgIpc) is 3.02. The van der Waals surface area contributed by atoms with Gasteiger partial charge in [0.1, 0.15) is 5.82 Å². The zero-order chi connectivity index (χ0) is 17.8. The summed E-state index contributed by atoms with van der Waals surface area (Å²) in [5, 5.41) is 4.52. The van der Waals surface area contributed by atoms with Gasteiger partial charge in [-0.1, -0.05) is 0 Å². The topological polar surface area (TPSA) is 66.0 Å². The van der Waals surface area contributed by atoms with Crippen molar-refractivity contribution < 1.29 is 13.5 Å². The van der Waals surface area contributed by atoms with E-state index in [-0.39, 0.29) is 12.0 Å². The minimum absolute atomic E-state index is 0.252. The standard InChI is InChI=1S/C18H24F2N4O/c1-2-25-10-9-24-18(12-3-6-14(21)7-4-12)22-17(23-24)13-5-8-15(19)16(20)11-13/h5,8,11-12,14H,2-4,6-7,9-10,21H2,1H3. The van der Waals surface area contributed by atoms with Crippen molar-refractivity contribution in [2.45, 2.75) is 51.1 Å². The first-order valence-corrected chi connectivity index (χ1v) is 8.82. The molecule has 0 unspecified atom stereocenters. The van der Waals surface area contributed by atoms with Crippen LogP contribution in [0.2, 0.25) is 0 Å². The molecule has 1 aromatic carbocycles. The summed E-state index contributed by atoms with van der Waals surface area (Å²) in [5.74, 6) is -0.186. The Balaban J connectivity index is 1.88. The van der Waals surface area contributed by atoms with E-state index in [4.69, 9.17) is 10.5 Å². The van der Waals surface area contributed by atoms with Gasteiger partial charge in [-0.3, -0.25) is 0 Å². The minimum Gasteiger partial charge on any atom is -0.380 e. The zero-order valence-electron chi connectivity index (χ0n) is 14.4. The molecule has 0 aliphatic heterocycles. The molecule has 0 atom stereocenters. The van der Waals surface area contributed by atoms with E-state index in [0.717, 1.165) is 43.6 Å². The molecule has 5 nitrogen and oxygen atoms in total. The van der Waals surface area contributed by atoms with Gasteiger partial charge in [0, 0.05) is 24.1 Å². The van der Waals surface area contributed by atoms with Crippen LogP contribution in [0, 0.1) is 11.6 Å². The van der Waals surface area contributed by atoms with E-state index in [2.05, 4.69) is 10.1 Å². The monoisotopic (exact) mass is 350 g/mol. The number of rotatable bonds is 6. The molecule has 0 saturated heterocycles. The molecule has 0 spiro atoms. The highest BCUT2D eigenvalue weighted by Crippen LogP contribution is 2.32. The van der Waals surface area contributed by atoms with Gasteiger partial charge in [-0.25, -0.2) is 18.4 Å². The lowest BCUT2D eigenvalue weighted by atomic mass is 9.86. The molecular weight excluding hydrogens is 326 g/mol. The van der Waals surface area contributed by atoms with Crippen LogP contribution in [0.15, 0.2) is 18.2 Å². The molecule has 2 N–H and O–H groups in total. The van der Waals surface area contributed by atoms with Crippen LogP contribution in [0.1, 0.15) is 44.3 Å². The van der Waals surface area contributed by atoms with E-state index in [1.807, 2.05) is 11.6 Å². The van der Waals surface area contributed by atoms with E-state index in [9.17, 15) is 8.78 Å². The number of nitrogens with two attached hydrogens (primary N) is 1. The second-order valence-electron chi connectivity index (χ2n) is 6.45. The number of aromatic nitrogens is 3. The van der Waals surface area contributed by atoms with E-state index < -0.39 is 11.6 Å². The van der Waals surface area contributed by atoms with E-state index in [1.165, 1.54) is 6.07 Å². The zero-order valence-corrected chi connectivity index (χ0v) is 14.4. The lowest BCUT2D eigenvalue weighted by Crippen LogP contribution is -2.27. The fourth-order valence-electron chi connectivity index (χ4n) is 3.25. The van der Waals surface area contributed by atoms with Gasteiger partial charge < -0.3 is 10.5 Å². The van der Waals surface area contributed by atoms with Gasteiger partial charge in [-0.05, 0) is 50.8 Å². The van der Waals surface area contributed by atoms with Crippen LogP contribution in [0.3, 0.4) is 0 Å². The van der Waals surface area contributed by atoms with Crippen molar-refractivity contribution in [3.8, 4) is 11.4 Å². The molecule has 136 valence electrons. The molecule has 0 amide bonds. The first-order valence-electron chi connectivity index (χ1n) is 8.82. The van der Waals surface area contributed by atoms with Crippen molar-refractivity contribution >= 4 is 0 Å². The maximum Gasteiger partial charge on any atom is 0.181 e. The Kier molecular flexibility index (Phi) is 5.75. The Morgan fingerprint density at radius 2 is 1.96 bits per heavy atom. The molecule has 1 saturated carbocycles. The molecule has 1 heterocycles. The number of nitrogens with zero attached hydrogens (tertiary/aromatic N) is 3. The summed E-state index contributed by atoms with van der Waals surface area (Å²) >= 11 is 0. The van der Waals surface area contributed by atoms with Gasteiger partial charge in [0.05, 0.1) is 13.2 Å². The van der Waals surface area contributed by atoms with Gasteiger partial charge in [-0.15, -0.1) is 0 Å². The van der Waals surface area contributed by atoms with Crippen molar-refractivity contribution in [3.63, 3.8) is 0 Å². The highest BCUT2D eigenvalue weighted by atomic mass is 19.2. The Morgan fingerprint density at radius 1 is 1.20 bits per heavy atom. The molecule has 0 bridgehead atoms. The summed E-state index contributed by atoms with van der Waals surface area (Å²) in [6, 6.07) is 3.99. The molecule has 1 aliphatic carbocycles. The summed E-state index contributed by atoms with van der Waals surface area (Å²) in [5.41, 5.74) is 6.47. The third-order valence-corrected chi connectivity index (χ3v) is 4.67. The van der Waals surface area contributed by atoms with Crippen LogP contribution >= 0.6 is 0 Å².